The molecule has 32 heavy (non-hydrogen) atoms. The lowest BCUT2D eigenvalue weighted by atomic mass is 9.95. The van der Waals surface area contributed by atoms with Gasteiger partial charge in [0.1, 0.15) is 11.6 Å². The van der Waals surface area contributed by atoms with E-state index in [4.69, 9.17) is 4.74 Å². The largest absolute Gasteiger partial charge is 0.496 e. The molecule has 0 saturated carbocycles. The number of nitrogens with zero attached hydrogens (tertiary/aromatic N) is 1. The van der Waals surface area contributed by atoms with Crippen molar-refractivity contribution < 1.29 is 18.7 Å². The molecule has 1 saturated heterocycles. The highest BCUT2D eigenvalue weighted by Crippen LogP contribution is 2.25. The third kappa shape index (κ3) is 4.47. The van der Waals surface area contributed by atoms with E-state index in [1.807, 2.05) is 19.1 Å². The standard InChI is InChI=1S/C25H28FN3O3/c1-16-19(21-15-18(26)7-8-22(21)28-16)9-12-27-24(30)17-10-13-29(14-11-17)25(31)20-5-3-4-6-23(20)32-2/h3-8,15,17,28H,9-14H2,1-2H3,(H,27,30). The van der Waals surface area contributed by atoms with E-state index in [0.29, 0.717) is 50.2 Å². The van der Waals surface area contributed by atoms with Crippen LogP contribution in [-0.2, 0) is 11.2 Å². The summed E-state index contributed by atoms with van der Waals surface area (Å²) in [5.41, 5.74) is 3.46. The SMILES string of the molecule is COc1ccccc1C(=O)N1CCC(C(=O)NCCc2c(C)[nH]c3ccc(F)cc23)CC1. The first-order valence-corrected chi connectivity index (χ1v) is 10.9. The number of fused-ring (bicyclic) bond motifs is 1. The van der Waals surface area contributed by atoms with Crippen LogP contribution in [0.25, 0.3) is 10.9 Å². The molecule has 1 aliphatic rings. The number of rotatable bonds is 6. The van der Waals surface area contributed by atoms with E-state index in [1.54, 1.807) is 30.2 Å². The molecule has 168 valence electrons. The van der Waals surface area contributed by atoms with Crippen molar-refractivity contribution in [3.05, 3.63) is 65.1 Å². The number of amides is 2. The van der Waals surface area contributed by atoms with Crippen LogP contribution in [0.3, 0.4) is 0 Å². The zero-order valence-electron chi connectivity index (χ0n) is 18.4. The molecule has 4 rings (SSSR count). The number of hydrogen-bond acceptors (Lipinski definition) is 3. The zero-order chi connectivity index (χ0) is 22.7. The van der Waals surface area contributed by atoms with Gasteiger partial charge in [0.05, 0.1) is 12.7 Å². The Labute approximate surface area is 186 Å². The Balaban J connectivity index is 1.29. The van der Waals surface area contributed by atoms with Gasteiger partial charge in [0, 0.05) is 42.1 Å². The quantitative estimate of drug-likeness (QED) is 0.615. The van der Waals surface area contributed by atoms with Gasteiger partial charge in [-0.25, -0.2) is 4.39 Å². The number of carbonyl (C=O) groups excluding carboxylic acids is 2. The van der Waals surface area contributed by atoms with Gasteiger partial charge in [0.15, 0.2) is 0 Å². The molecule has 1 fully saturated rings. The Morgan fingerprint density at radius 3 is 2.69 bits per heavy atom. The number of carbonyl (C=O) groups is 2. The number of aromatic nitrogens is 1. The molecule has 7 heteroatoms. The van der Waals surface area contributed by atoms with Crippen molar-refractivity contribution in [3.8, 4) is 5.75 Å². The summed E-state index contributed by atoms with van der Waals surface area (Å²) in [7, 11) is 1.55. The van der Waals surface area contributed by atoms with Crippen LogP contribution >= 0.6 is 0 Å². The summed E-state index contributed by atoms with van der Waals surface area (Å²) in [6.45, 7) is 3.53. The lowest BCUT2D eigenvalue weighted by Crippen LogP contribution is -2.43. The molecule has 0 aliphatic carbocycles. The molecule has 0 radical (unpaired) electrons. The van der Waals surface area contributed by atoms with Crippen LogP contribution in [0.5, 0.6) is 5.75 Å². The third-order valence-corrected chi connectivity index (χ3v) is 6.25. The highest BCUT2D eigenvalue weighted by molar-refractivity contribution is 5.97. The van der Waals surface area contributed by atoms with Gasteiger partial charge in [0.2, 0.25) is 5.91 Å². The van der Waals surface area contributed by atoms with E-state index in [2.05, 4.69) is 10.3 Å². The molecule has 0 spiro atoms. The van der Waals surface area contributed by atoms with Crippen molar-refractivity contribution in [1.82, 2.24) is 15.2 Å². The molecule has 1 aliphatic heterocycles. The summed E-state index contributed by atoms with van der Waals surface area (Å²) in [5, 5.41) is 3.88. The second kappa shape index (κ2) is 9.42. The van der Waals surface area contributed by atoms with Crippen LogP contribution < -0.4 is 10.1 Å². The molecule has 2 aromatic carbocycles. The van der Waals surface area contributed by atoms with E-state index in [1.165, 1.54) is 12.1 Å². The summed E-state index contributed by atoms with van der Waals surface area (Å²) in [4.78, 5) is 30.6. The smallest absolute Gasteiger partial charge is 0.257 e. The monoisotopic (exact) mass is 437 g/mol. The Hall–Kier alpha value is -3.35. The molecule has 6 nitrogen and oxygen atoms in total. The van der Waals surface area contributed by atoms with Crippen LogP contribution in [0.15, 0.2) is 42.5 Å². The number of methoxy groups -OCH3 is 1. The predicted molar refractivity (Wildman–Crippen MR) is 121 cm³/mol. The van der Waals surface area contributed by atoms with Crippen LogP contribution in [-0.4, -0.2) is 48.4 Å². The van der Waals surface area contributed by atoms with Gasteiger partial charge >= 0.3 is 0 Å². The average Bonchev–Trinajstić information content (AvgIpc) is 3.13. The van der Waals surface area contributed by atoms with Crippen LogP contribution in [0.2, 0.25) is 0 Å². The average molecular weight is 438 g/mol. The van der Waals surface area contributed by atoms with Crippen molar-refractivity contribution in [1.29, 1.82) is 0 Å². The highest BCUT2D eigenvalue weighted by Gasteiger charge is 2.28. The number of nitrogens with one attached hydrogen (secondary N) is 2. The van der Waals surface area contributed by atoms with Crippen molar-refractivity contribution in [3.63, 3.8) is 0 Å². The number of aromatic amines is 1. The van der Waals surface area contributed by atoms with E-state index >= 15 is 0 Å². The van der Waals surface area contributed by atoms with Gasteiger partial charge in [-0.2, -0.15) is 0 Å². The molecule has 2 amide bonds. The number of ether oxygens (including phenoxy) is 1. The lowest BCUT2D eigenvalue weighted by molar-refractivity contribution is -0.126. The van der Waals surface area contributed by atoms with Crippen molar-refractivity contribution in [2.24, 2.45) is 5.92 Å². The van der Waals surface area contributed by atoms with Gasteiger partial charge in [-0.15, -0.1) is 0 Å². The topological polar surface area (TPSA) is 74.4 Å². The molecule has 3 aromatic rings. The fourth-order valence-corrected chi connectivity index (χ4v) is 4.47. The first kappa shape index (κ1) is 21.9. The number of likely N-dealkylation sites (tertiary alicyclic amines) is 1. The van der Waals surface area contributed by atoms with Gasteiger partial charge in [-0.3, -0.25) is 9.59 Å². The fourth-order valence-electron chi connectivity index (χ4n) is 4.47. The van der Waals surface area contributed by atoms with Gasteiger partial charge < -0.3 is 19.9 Å². The number of aryl methyl sites for hydroxylation is 1. The Bertz CT molecular complexity index is 1130. The molecule has 2 heterocycles. The maximum absolute atomic E-state index is 13.6. The molecular formula is C25H28FN3O3. The lowest BCUT2D eigenvalue weighted by Gasteiger charge is -2.31. The maximum atomic E-state index is 13.6. The second-order valence-corrected chi connectivity index (χ2v) is 8.23. The molecule has 2 N–H and O–H groups in total. The van der Waals surface area contributed by atoms with E-state index in [0.717, 1.165) is 22.2 Å². The Morgan fingerprint density at radius 2 is 1.94 bits per heavy atom. The number of halogens is 1. The summed E-state index contributed by atoms with van der Waals surface area (Å²) >= 11 is 0. The molecule has 1 aromatic heterocycles. The first-order chi connectivity index (χ1) is 15.5. The van der Waals surface area contributed by atoms with Crippen LogP contribution in [0.1, 0.15) is 34.5 Å². The fraction of sp³-hybridized carbons (Fsp3) is 0.360. The summed E-state index contributed by atoms with van der Waals surface area (Å²) in [6, 6.07) is 11.9. The second-order valence-electron chi connectivity index (χ2n) is 8.23. The highest BCUT2D eigenvalue weighted by atomic mass is 19.1. The van der Waals surface area contributed by atoms with Gasteiger partial charge in [-0.05, 0) is 62.1 Å². The summed E-state index contributed by atoms with van der Waals surface area (Å²) in [5.74, 6) is 0.126. The van der Waals surface area contributed by atoms with E-state index in [9.17, 15) is 14.0 Å². The van der Waals surface area contributed by atoms with Crippen molar-refractivity contribution >= 4 is 22.7 Å². The number of para-hydroxylation sites is 1. The number of benzene rings is 2. The van der Waals surface area contributed by atoms with Gasteiger partial charge in [0.25, 0.3) is 5.91 Å². The van der Waals surface area contributed by atoms with Crippen molar-refractivity contribution in [2.75, 3.05) is 26.7 Å². The first-order valence-electron chi connectivity index (χ1n) is 10.9. The Morgan fingerprint density at radius 1 is 1.19 bits per heavy atom. The zero-order valence-corrected chi connectivity index (χ0v) is 18.4. The third-order valence-electron chi connectivity index (χ3n) is 6.25. The van der Waals surface area contributed by atoms with Crippen LogP contribution in [0, 0.1) is 18.7 Å². The Kier molecular flexibility index (Phi) is 6.44. The van der Waals surface area contributed by atoms with Crippen LogP contribution in [0.4, 0.5) is 4.39 Å². The minimum absolute atomic E-state index is 0.0121. The van der Waals surface area contributed by atoms with Gasteiger partial charge in [-0.1, -0.05) is 12.1 Å². The molecule has 0 atom stereocenters. The molecule has 0 bridgehead atoms. The maximum Gasteiger partial charge on any atom is 0.257 e. The minimum atomic E-state index is -0.267. The number of H-pyrrole nitrogens is 1. The number of piperidine rings is 1. The summed E-state index contributed by atoms with van der Waals surface area (Å²) in [6.07, 6.45) is 1.89. The van der Waals surface area contributed by atoms with Crippen molar-refractivity contribution in [2.45, 2.75) is 26.2 Å². The van der Waals surface area contributed by atoms with E-state index < -0.39 is 0 Å². The molecular weight excluding hydrogens is 409 g/mol. The summed E-state index contributed by atoms with van der Waals surface area (Å²) < 4.78 is 18.9. The normalized spacial score (nSPS) is 14.5. The van der Waals surface area contributed by atoms with E-state index in [-0.39, 0.29) is 23.5 Å². The predicted octanol–water partition coefficient (Wildman–Crippen LogP) is 3.84. The minimum Gasteiger partial charge on any atom is -0.496 e. The number of hydrogen-bond donors (Lipinski definition) is 2. The molecule has 0 unspecified atom stereocenters.